The molecule has 1 N–H and O–H groups in total. The number of halogens is 1. The summed E-state index contributed by atoms with van der Waals surface area (Å²) in [6, 6.07) is 7.47. The number of aromatic nitrogens is 3. The Morgan fingerprint density at radius 2 is 2.00 bits per heavy atom. The van der Waals surface area contributed by atoms with E-state index in [1.54, 1.807) is 0 Å². The van der Waals surface area contributed by atoms with E-state index in [1.165, 1.54) is 0 Å². The molecule has 1 aromatic carbocycles. The third kappa shape index (κ3) is 3.32. The molecule has 0 radical (unpaired) electrons. The fourth-order valence-corrected chi connectivity index (χ4v) is 1.75. The Hall–Kier alpha value is -1.88. The molecule has 5 nitrogen and oxygen atoms in total. The average Bonchev–Trinajstić information content (AvgIpc) is 2.38. The van der Waals surface area contributed by atoms with Gasteiger partial charge < -0.3 is 10.2 Å². The highest BCUT2D eigenvalue weighted by atomic mass is 35.5. The molecule has 0 aliphatic carbocycles. The summed E-state index contributed by atoms with van der Waals surface area (Å²) < 4.78 is 0. The molecular weight excluding hydrogens is 262 g/mol. The highest BCUT2D eigenvalue weighted by Gasteiger charge is 2.09. The molecule has 6 heteroatoms. The minimum absolute atomic E-state index is 0.566. The fraction of sp³-hybridized carbons (Fsp3) is 0.308. The van der Waals surface area contributed by atoms with Gasteiger partial charge in [0.05, 0.1) is 0 Å². The van der Waals surface area contributed by atoms with Gasteiger partial charge in [0.25, 0.3) is 0 Å². The van der Waals surface area contributed by atoms with Crippen LogP contribution in [0.2, 0.25) is 5.02 Å². The van der Waals surface area contributed by atoms with Crippen LogP contribution in [0.1, 0.15) is 6.92 Å². The van der Waals surface area contributed by atoms with E-state index in [1.807, 2.05) is 50.2 Å². The van der Waals surface area contributed by atoms with Crippen molar-refractivity contribution in [2.45, 2.75) is 6.92 Å². The summed E-state index contributed by atoms with van der Waals surface area (Å²) in [6.07, 6.45) is 0. The summed E-state index contributed by atoms with van der Waals surface area (Å²) in [6.45, 7) is 2.75. The Labute approximate surface area is 117 Å². The second-order valence-corrected chi connectivity index (χ2v) is 4.65. The number of nitrogens with zero attached hydrogens (tertiary/aromatic N) is 4. The lowest BCUT2D eigenvalue weighted by Crippen LogP contribution is -2.15. The van der Waals surface area contributed by atoms with E-state index in [2.05, 4.69) is 20.3 Å². The standard InChI is InChI=1S/C13H16ClN5/c1-4-15-12-16-11(17-13(18-12)19(2)3)9-6-5-7-10(14)8-9/h5-8H,4H2,1-3H3,(H,15,16,17,18). The van der Waals surface area contributed by atoms with Crippen LogP contribution in [0.25, 0.3) is 11.4 Å². The van der Waals surface area contributed by atoms with Gasteiger partial charge in [0.2, 0.25) is 11.9 Å². The first-order valence-electron chi connectivity index (χ1n) is 6.03. The molecule has 0 amide bonds. The molecule has 0 spiro atoms. The predicted octanol–water partition coefficient (Wildman–Crippen LogP) is 2.69. The van der Waals surface area contributed by atoms with Crippen LogP contribution < -0.4 is 10.2 Å². The zero-order valence-corrected chi connectivity index (χ0v) is 11.9. The maximum Gasteiger partial charge on any atom is 0.230 e. The van der Waals surface area contributed by atoms with Gasteiger partial charge in [-0.25, -0.2) is 0 Å². The summed E-state index contributed by atoms with van der Waals surface area (Å²) in [4.78, 5) is 15.0. The van der Waals surface area contributed by atoms with Crippen molar-refractivity contribution in [1.82, 2.24) is 15.0 Å². The van der Waals surface area contributed by atoms with E-state index in [0.29, 0.717) is 22.7 Å². The summed E-state index contributed by atoms with van der Waals surface area (Å²) >= 11 is 6.00. The number of hydrogen-bond acceptors (Lipinski definition) is 5. The average molecular weight is 278 g/mol. The smallest absolute Gasteiger partial charge is 0.230 e. The van der Waals surface area contributed by atoms with Crippen molar-refractivity contribution in [3.05, 3.63) is 29.3 Å². The maximum absolute atomic E-state index is 6.00. The van der Waals surface area contributed by atoms with Gasteiger partial charge in [-0.2, -0.15) is 15.0 Å². The van der Waals surface area contributed by atoms with Gasteiger partial charge in [-0.1, -0.05) is 23.7 Å². The molecule has 0 bridgehead atoms. The Morgan fingerprint density at radius 1 is 1.21 bits per heavy atom. The van der Waals surface area contributed by atoms with E-state index in [9.17, 15) is 0 Å². The van der Waals surface area contributed by atoms with Crippen LogP contribution in [0.3, 0.4) is 0 Å². The summed E-state index contributed by atoms with van der Waals surface area (Å²) in [5, 5.41) is 3.77. The van der Waals surface area contributed by atoms with Crippen molar-refractivity contribution < 1.29 is 0 Å². The first kappa shape index (κ1) is 13.5. The molecule has 2 rings (SSSR count). The van der Waals surface area contributed by atoms with Gasteiger partial charge in [0.15, 0.2) is 5.82 Å². The number of nitrogens with one attached hydrogen (secondary N) is 1. The SMILES string of the molecule is CCNc1nc(-c2cccc(Cl)c2)nc(N(C)C)n1. The zero-order valence-electron chi connectivity index (χ0n) is 11.2. The van der Waals surface area contributed by atoms with Crippen molar-refractivity contribution in [1.29, 1.82) is 0 Å². The van der Waals surface area contributed by atoms with Crippen molar-refractivity contribution in [2.75, 3.05) is 30.9 Å². The second kappa shape index (κ2) is 5.84. The van der Waals surface area contributed by atoms with Crippen LogP contribution in [0.15, 0.2) is 24.3 Å². The van der Waals surface area contributed by atoms with Crippen molar-refractivity contribution in [3.8, 4) is 11.4 Å². The first-order chi connectivity index (χ1) is 9.10. The Balaban J connectivity index is 2.49. The molecule has 0 aliphatic rings. The molecule has 1 aromatic heterocycles. The van der Waals surface area contributed by atoms with Crippen LogP contribution in [0, 0.1) is 0 Å². The van der Waals surface area contributed by atoms with E-state index < -0.39 is 0 Å². The van der Waals surface area contributed by atoms with Gasteiger partial charge in [0.1, 0.15) is 0 Å². The molecule has 2 aromatic rings. The van der Waals surface area contributed by atoms with Crippen LogP contribution in [-0.4, -0.2) is 35.6 Å². The molecule has 0 unspecified atom stereocenters. The molecule has 1 heterocycles. The summed E-state index contributed by atoms with van der Waals surface area (Å²) in [5.41, 5.74) is 0.872. The largest absolute Gasteiger partial charge is 0.354 e. The number of rotatable bonds is 4. The highest BCUT2D eigenvalue weighted by Crippen LogP contribution is 2.21. The number of hydrogen-bond donors (Lipinski definition) is 1. The van der Waals surface area contributed by atoms with Gasteiger partial charge in [-0.15, -0.1) is 0 Å². The topological polar surface area (TPSA) is 53.9 Å². The van der Waals surface area contributed by atoms with Crippen LogP contribution in [0.5, 0.6) is 0 Å². The normalized spacial score (nSPS) is 10.3. The third-order valence-corrected chi connectivity index (χ3v) is 2.68. The van der Waals surface area contributed by atoms with Gasteiger partial charge in [0, 0.05) is 31.2 Å². The lowest BCUT2D eigenvalue weighted by atomic mass is 10.2. The number of anilines is 2. The minimum atomic E-state index is 0.566. The van der Waals surface area contributed by atoms with Crippen LogP contribution >= 0.6 is 11.6 Å². The summed E-state index contributed by atoms with van der Waals surface area (Å²) in [7, 11) is 3.79. The monoisotopic (exact) mass is 277 g/mol. The molecule has 0 atom stereocenters. The van der Waals surface area contributed by atoms with Gasteiger partial charge in [-0.3, -0.25) is 0 Å². The first-order valence-corrected chi connectivity index (χ1v) is 6.41. The number of benzene rings is 1. The second-order valence-electron chi connectivity index (χ2n) is 4.22. The Morgan fingerprint density at radius 3 is 2.63 bits per heavy atom. The van der Waals surface area contributed by atoms with E-state index in [-0.39, 0.29) is 0 Å². The van der Waals surface area contributed by atoms with Crippen molar-refractivity contribution in [2.24, 2.45) is 0 Å². The molecule has 19 heavy (non-hydrogen) atoms. The van der Waals surface area contributed by atoms with E-state index >= 15 is 0 Å². The lowest BCUT2D eigenvalue weighted by molar-refractivity contribution is 0.953. The third-order valence-electron chi connectivity index (χ3n) is 2.44. The highest BCUT2D eigenvalue weighted by molar-refractivity contribution is 6.30. The molecule has 0 aliphatic heterocycles. The van der Waals surface area contributed by atoms with Gasteiger partial charge in [-0.05, 0) is 19.1 Å². The Kier molecular flexibility index (Phi) is 4.16. The quantitative estimate of drug-likeness (QED) is 0.931. The van der Waals surface area contributed by atoms with E-state index in [0.717, 1.165) is 12.1 Å². The Bertz CT molecular complexity index is 571. The molecule has 0 saturated heterocycles. The lowest BCUT2D eigenvalue weighted by Gasteiger charge is -2.13. The maximum atomic E-state index is 6.00. The van der Waals surface area contributed by atoms with Crippen molar-refractivity contribution in [3.63, 3.8) is 0 Å². The van der Waals surface area contributed by atoms with Crippen molar-refractivity contribution >= 4 is 23.5 Å². The predicted molar refractivity (Wildman–Crippen MR) is 78.8 cm³/mol. The molecular formula is C13H16ClN5. The molecule has 0 saturated carbocycles. The molecule has 100 valence electrons. The summed E-state index contributed by atoms with van der Waals surface area (Å²) in [5.74, 6) is 1.79. The van der Waals surface area contributed by atoms with E-state index in [4.69, 9.17) is 11.6 Å². The van der Waals surface area contributed by atoms with Crippen LogP contribution in [0.4, 0.5) is 11.9 Å². The zero-order chi connectivity index (χ0) is 13.8. The van der Waals surface area contributed by atoms with Crippen LogP contribution in [-0.2, 0) is 0 Å². The fourth-order valence-electron chi connectivity index (χ4n) is 1.56. The molecule has 0 fully saturated rings. The minimum Gasteiger partial charge on any atom is -0.354 e. The van der Waals surface area contributed by atoms with Gasteiger partial charge >= 0.3 is 0 Å².